The molecule has 4 rings (SSSR count). The number of carbonyl (C=O) groups is 3. The molecule has 3 aliphatic rings. The second kappa shape index (κ2) is 13.7. The standard InChI is InChI=1S/C33H52ClN5O4/c1-31(2,3)36-29(41)33(24-10-8-7-9-11-24)16-18-39(19-17-33)37-28(40)27(20-23-12-14-25(34)15-13-23)35-26-21-38(22-26)30(42)43-32(4,5)6/h12-15,24,26-27,35H,7-11,16-22H2,1-6H3,(H,36,41)(H,37,40)/t27-/m1/s1. The molecule has 1 aromatic rings. The Morgan fingerprint density at radius 2 is 1.58 bits per heavy atom. The highest BCUT2D eigenvalue weighted by Gasteiger charge is 2.48. The maximum atomic E-state index is 13.7. The number of hydrogen-bond acceptors (Lipinski definition) is 6. The Labute approximate surface area is 262 Å². The average Bonchev–Trinajstić information content (AvgIpc) is 2.89. The fourth-order valence-electron chi connectivity index (χ4n) is 6.62. The van der Waals surface area contributed by atoms with Crippen LogP contribution < -0.4 is 16.1 Å². The SMILES string of the molecule is CC(C)(C)NC(=O)C1(C2CCCCC2)CCN(NC(=O)[C@@H](Cc2ccc(Cl)cc2)NC2CN(C(=O)OC(C)(C)C)C2)CC1. The molecule has 10 heteroatoms. The molecular weight excluding hydrogens is 566 g/mol. The van der Waals surface area contributed by atoms with Crippen LogP contribution in [0.4, 0.5) is 4.79 Å². The van der Waals surface area contributed by atoms with Gasteiger partial charge in [-0.15, -0.1) is 0 Å². The first-order chi connectivity index (χ1) is 20.1. The second-order valence-corrected chi connectivity index (χ2v) is 15.2. The van der Waals surface area contributed by atoms with E-state index in [9.17, 15) is 14.4 Å². The molecule has 1 atom stereocenters. The molecule has 9 nitrogen and oxygen atoms in total. The number of hydrogen-bond donors (Lipinski definition) is 3. The van der Waals surface area contributed by atoms with E-state index in [0.29, 0.717) is 43.5 Å². The minimum absolute atomic E-state index is 0.0167. The lowest BCUT2D eigenvalue weighted by atomic mass is 9.63. The first kappa shape index (κ1) is 33.5. The van der Waals surface area contributed by atoms with Crippen molar-refractivity contribution < 1.29 is 19.1 Å². The number of hydrazine groups is 1. The van der Waals surface area contributed by atoms with Gasteiger partial charge in [-0.1, -0.05) is 43.0 Å². The van der Waals surface area contributed by atoms with E-state index in [0.717, 1.165) is 31.2 Å². The van der Waals surface area contributed by atoms with Gasteiger partial charge in [0.15, 0.2) is 0 Å². The first-order valence-electron chi connectivity index (χ1n) is 16.0. The van der Waals surface area contributed by atoms with Gasteiger partial charge in [0.1, 0.15) is 5.60 Å². The van der Waals surface area contributed by atoms with Crippen LogP contribution in [0.1, 0.15) is 92.1 Å². The van der Waals surface area contributed by atoms with Crippen LogP contribution in [-0.4, -0.2) is 77.2 Å². The van der Waals surface area contributed by atoms with Crippen LogP contribution in [0.15, 0.2) is 24.3 Å². The smallest absolute Gasteiger partial charge is 0.410 e. The Hall–Kier alpha value is -2.36. The van der Waals surface area contributed by atoms with Gasteiger partial charge in [-0.3, -0.25) is 20.3 Å². The molecule has 3 amide bonds. The number of likely N-dealkylation sites (tertiary alicyclic amines) is 1. The van der Waals surface area contributed by atoms with E-state index in [2.05, 4.69) is 16.1 Å². The number of nitrogens with zero attached hydrogens (tertiary/aromatic N) is 2. The second-order valence-electron chi connectivity index (χ2n) is 14.8. The van der Waals surface area contributed by atoms with Gasteiger partial charge in [0.25, 0.3) is 5.91 Å². The van der Waals surface area contributed by atoms with Gasteiger partial charge in [-0.25, -0.2) is 9.80 Å². The number of nitrogens with one attached hydrogen (secondary N) is 3. The van der Waals surface area contributed by atoms with Crippen molar-refractivity contribution in [2.24, 2.45) is 11.3 Å². The Bertz CT molecular complexity index is 1110. The third kappa shape index (κ3) is 9.32. The van der Waals surface area contributed by atoms with Crippen LogP contribution in [0.2, 0.25) is 5.02 Å². The normalized spacial score (nSPS) is 21.0. The van der Waals surface area contributed by atoms with Crippen molar-refractivity contribution in [1.82, 2.24) is 26.0 Å². The van der Waals surface area contributed by atoms with E-state index < -0.39 is 17.1 Å². The highest BCUT2D eigenvalue weighted by Crippen LogP contribution is 2.46. The lowest BCUT2D eigenvalue weighted by molar-refractivity contribution is -0.143. The molecule has 2 heterocycles. The molecule has 1 saturated carbocycles. The first-order valence-corrected chi connectivity index (χ1v) is 16.4. The van der Waals surface area contributed by atoms with Crippen molar-refractivity contribution in [1.29, 1.82) is 0 Å². The van der Waals surface area contributed by atoms with Crippen molar-refractivity contribution in [2.75, 3.05) is 26.2 Å². The minimum atomic E-state index is -0.553. The molecule has 0 radical (unpaired) electrons. The lowest BCUT2D eigenvalue weighted by Crippen LogP contribution is -2.65. The van der Waals surface area contributed by atoms with Crippen molar-refractivity contribution in [3.63, 3.8) is 0 Å². The molecule has 1 aliphatic carbocycles. The number of ether oxygens (including phenoxy) is 1. The van der Waals surface area contributed by atoms with Gasteiger partial charge < -0.3 is 15.0 Å². The van der Waals surface area contributed by atoms with Crippen molar-refractivity contribution in [3.8, 4) is 0 Å². The molecule has 43 heavy (non-hydrogen) atoms. The topological polar surface area (TPSA) is 103 Å². The monoisotopic (exact) mass is 617 g/mol. The average molecular weight is 618 g/mol. The number of amides is 3. The van der Waals surface area contributed by atoms with E-state index in [1.807, 2.05) is 70.8 Å². The predicted molar refractivity (Wildman–Crippen MR) is 170 cm³/mol. The van der Waals surface area contributed by atoms with E-state index in [1.165, 1.54) is 19.3 Å². The van der Waals surface area contributed by atoms with E-state index in [1.54, 1.807) is 4.90 Å². The third-order valence-electron chi connectivity index (χ3n) is 8.89. The van der Waals surface area contributed by atoms with Crippen LogP contribution in [0, 0.1) is 11.3 Å². The third-order valence-corrected chi connectivity index (χ3v) is 9.14. The number of carbonyl (C=O) groups excluding carboxylic acids is 3. The number of halogens is 1. The summed E-state index contributed by atoms with van der Waals surface area (Å²) in [5.41, 5.74) is 2.93. The zero-order valence-corrected chi connectivity index (χ0v) is 27.7. The largest absolute Gasteiger partial charge is 0.444 e. The van der Waals surface area contributed by atoms with Crippen molar-refractivity contribution >= 4 is 29.5 Å². The summed E-state index contributed by atoms with van der Waals surface area (Å²) in [6.07, 6.45) is 7.39. The van der Waals surface area contributed by atoms with Gasteiger partial charge >= 0.3 is 6.09 Å². The summed E-state index contributed by atoms with van der Waals surface area (Å²) in [6.45, 7) is 13.9. The van der Waals surface area contributed by atoms with E-state index >= 15 is 0 Å². The highest BCUT2D eigenvalue weighted by molar-refractivity contribution is 6.30. The molecule has 1 aromatic carbocycles. The molecule has 3 fully saturated rings. The summed E-state index contributed by atoms with van der Waals surface area (Å²) in [7, 11) is 0. The molecule has 240 valence electrons. The predicted octanol–water partition coefficient (Wildman–Crippen LogP) is 5.07. The van der Waals surface area contributed by atoms with Gasteiger partial charge in [-0.05, 0) is 97.3 Å². The van der Waals surface area contributed by atoms with Crippen LogP contribution in [0.5, 0.6) is 0 Å². The molecule has 0 aromatic heterocycles. The lowest BCUT2D eigenvalue weighted by Gasteiger charge is -2.47. The zero-order valence-electron chi connectivity index (χ0n) is 26.9. The maximum absolute atomic E-state index is 13.7. The minimum Gasteiger partial charge on any atom is -0.444 e. The zero-order chi connectivity index (χ0) is 31.4. The van der Waals surface area contributed by atoms with E-state index in [4.69, 9.17) is 16.3 Å². The molecule has 3 N–H and O–H groups in total. The van der Waals surface area contributed by atoms with Gasteiger partial charge in [0.05, 0.1) is 11.5 Å². The summed E-state index contributed by atoms with van der Waals surface area (Å²) >= 11 is 6.10. The number of rotatable bonds is 8. The van der Waals surface area contributed by atoms with Crippen LogP contribution in [0.3, 0.4) is 0 Å². The molecule has 0 spiro atoms. The summed E-state index contributed by atoms with van der Waals surface area (Å²) in [5.74, 6) is 0.432. The Balaban J connectivity index is 1.39. The van der Waals surface area contributed by atoms with Crippen LogP contribution >= 0.6 is 11.6 Å². The maximum Gasteiger partial charge on any atom is 0.410 e. The van der Waals surface area contributed by atoms with Gasteiger partial charge in [0, 0.05) is 42.8 Å². The molecule has 0 bridgehead atoms. The summed E-state index contributed by atoms with van der Waals surface area (Å²) in [6, 6.07) is 7.02. The molecule has 2 saturated heterocycles. The fourth-order valence-corrected chi connectivity index (χ4v) is 6.75. The molecule has 0 unspecified atom stereocenters. The highest BCUT2D eigenvalue weighted by atomic mass is 35.5. The Kier molecular flexibility index (Phi) is 10.7. The number of benzene rings is 1. The van der Waals surface area contributed by atoms with Crippen molar-refractivity contribution in [2.45, 2.75) is 116 Å². The van der Waals surface area contributed by atoms with E-state index in [-0.39, 0.29) is 29.5 Å². The van der Waals surface area contributed by atoms with Crippen LogP contribution in [0.25, 0.3) is 0 Å². The quantitative estimate of drug-likeness (QED) is 0.377. The summed E-state index contributed by atoms with van der Waals surface area (Å²) < 4.78 is 5.49. The van der Waals surface area contributed by atoms with Crippen molar-refractivity contribution in [3.05, 3.63) is 34.9 Å². The number of piperidine rings is 1. The fraction of sp³-hybridized carbons (Fsp3) is 0.727. The Morgan fingerprint density at radius 1 is 0.977 bits per heavy atom. The summed E-state index contributed by atoms with van der Waals surface area (Å²) in [4.78, 5) is 41.5. The molecular formula is C33H52ClN5O4. The molecule has 2 aliphatic heterocycles. The Morgan fingerprint density at radius 3 is 2.14 bits per heavy atom. The summed E-state index contributed by atoms with van der Waals surface area (Å²) in [5, 5.41) is 9.40. The van der Waals surface area contributed by atoms with Crippen LogP contribution in [-0.2, 0) is 20.7 Å². The van der Waals surface area contributed by atoms with Gasteiger partial charge in [-0.2, -0.15) is 0 Å². The van der Waals surface area contributed by atoms with Gasteiger partial charge in [0.2, 0.25) is 5.91 Å².